The van der Waals surface area contributed by atoms with Crippen LogP contribution in [-0.2, 0) is 0 Å². The molecule has 30 heavy (non-hydrogen) atoms. The molecule has 6 aromatic rings. The number of fused-ring (bicyclic) bond motifs is 4. The van der Waals surface area contributed by atoms with Gasteiger partial charge >= 0.3 is 0 Å². The first kappa shape index (κ1) is 17.4. The SMILES string of the molecule is Cc1ccc(-c2cc3nc(-c4cccc5c4oc4nc(C)ccc45)ccc3s2)cc1. The minimum atomic E-state index is 0.677. The number of rotatable bonds is 2. The number of aryl methyl sites for hydroxylation is 2. The summed E-state index contributed by atoms with van der Waals surface area (Å²) in [5.41, 5.74) is 7.88. The summed E-state index contributed by atoms with van der Waals surface area (Å²) in [6, 6.07) is 25.4. The van der Waals surface area contributed by atoms with Crippen LogP contribution in [-0.4, -0.2) is 9.97 Å². The molecule has 0 atom stereocenters. The summed E-state index contributed by atoms with van der Waals surface area (Å²) >= 11 is 1.77. The standard InChI is InChI=1S/C26H18N2OS/c1-15-6-9-17(10-7-15)24-14-22-23(30-24)13-12-21(28-22)20-5-3-4-18-19-11-8-16(2)27-26(19)29-25(18)20/h3-14H,1-2H3. The maximum absolute atomic E-state index is 6.17. The lowest BCUT2D eigenvalue weighted by Gasteiger charge is -2.02. The van der Waals surface area contributed by atoms with Crippen molar-refractivity contribution in [3.63, 3.8) is 0 Å². The minimum Gasteiger partial charge on any atom is -0.437 e. The number of furan rings is 1. The minimum absolute atomic E-state index is 0.677. The van der Waals surface area contributed by atoms with Gasteiger partial charge in [-0.25, -0.2) is 9.97 Å². The molecule has 0 spiro atoms. The Morgan fingerprint density at radius 2 is 1.67 bits per heavy atom. The van der Waals surface area contributed by atoms with Gasteiger partial charge in [-0.15, -0.1) is 11.3 Å². The molecule has 4 heteroatoms. The molecule has 144 valence electrons. The van der Waals surface area contributed by atoms with Crippen LogP contribution in [0.5, 0.6) is 0 Å². The Morgan fingerprint density at radius 3 is 2.53 bits per heavy atom. The van der Waals surface area contributed by atoms with Crippen molar-refractivity contribution in [1.82, 2.24) is 9.97 Å². The van der Waals surface area contributed by atoms with Crippen LogP contribution in [0.15, 0.2) is 77.2 Å². The molecule has 4 heterocycles. The van der Waals surface area contributed by atoms with Gasteiger partial charge in [-0.3, -0.25) is 0 Å². The second-order valence-corrected chi connectivity index (χ2v) is 8.73. The lowest BCUT2D eigenvalue weighted by Crippen LogP contribution is -1.83. The van der Waals surface area contributed by atoms with Gasteiger partial charge in [-0.05, 0) is 55.8 Å². The van der Waals surface area contributed by atoms with Crippen molar-refractivity contribution in [1.29, 1.82) is 0 Å². The average Bonchev–Trinajstić information content (AvgIpc) is 3.34. The Bertz CT molecular complexity index is 1560. The maximum atomic E-state index is 6.17. The largest absolute Gasteiger partial charge is 0.437 e. The Kier molecular flexibility index (Phi) is 3.77. The molecule has 0 aliphatic carbocycles. The highest BCUT2D eigenvalue weighted by molar-refractivity contribution is 7.22. The highest BCUT2D eigenvalue weighted by Crippen LogP contribution is 2.37. The van der Waals surface area contributed by atoms with E-state index in [0.29, 0.717) is 5.71 Å². The van der Waals surface area contributed by atoms with Gasteiger partial charge in [-0.1, -0.05) is 42.0 Å². The van der Waals surface area contributed by atoms with E-state index in [1.165, 1.54) is 20.7 Å². The van der Waals surface area contributed by atoms with E-state index in [-0.39, 0.29) is 0 Å². The van der Waals surface area contributed by atoms with Gasteiger partial charge in [0.25, 0.3) is 0 Å². The molecule has 0 saturated carbocycles. The molecule has 0 unspecified atom stereocenters. The number of pyridine rings is 2. The van der Waals surface area contributed by atoms with Crippen molar-refractivity contribution in [2.24, 2.45) is 0 Å². The second kappa shape index (κ2) is 6.51. The highest BCUT2D eigenvalue weighted by atomic mass is 32.1. The van der Waals surface area contributed by atoms with E-state index in [2.05, 4.69) is 78.6 Å². The first-order valence-corrected chi connectivity index (χ1v) is 10.7. The predicted octanol–water partition coefficient (Wildman–Crippen LogP) is 7.54. The Morgan fingerprint density at radius 1 is 0.800 bits per heavy atom. The summed E-state index contributed by atoms with van der Waals surface area (Å²) in [6.45, 7) is 4.09. The van der Waals surface area contributed by atoms with Crippen molar-refractivity contribution in [3.05, 3.63) is 84.1 Å². The molecule has 0 radical (unpaired) electrons. The van der Waals surface area contributed by atoms with Gasteiger partial charge in [0, 0.05) is 26.9 Å². The summed E-state index contributed by atoms with van der Waals surface area (Å²) in [7, 11) is 0. The maximum Gasteiger partial charge on any atom is 0.227 e. The van der Waals surface area contributed by atoms with E-state index >= 15 is 0 Å². The zero-order valence-electron chi connectivity index (χ0n) is 16.6. The van der Waals surface area contributed by atoms with Gasteiger partial charge in [-0.2, -0.15) is 0 Å². The molecule has 4 aromatic heterocycles. The summed E-state index contributed by atoms with van der Waals surface area (Å²) in [4.78, 5) is 10.8. The third-order valence-electron chi connectivity index (χ3n) is 5.49. The summed E-state index contributed by atoms with van der Waals surface area (Å²) < 4.78 is 7.35. The van der Waals surface area contributed by atoms with Crippen LogP contribution in [0.1, 0.15) is 11.3 Å². The Labute approximate surface area is 177 Å². The first-order valence-electron chi connectivity index (χ1n) is 9.93. The number of aromatic nitrogens is 2. The number of nitrogens with zero attached hydrogens (tertiary/aromatic N) is 2. The lowest BCUT2D eigenvalue weighted by molar-refractivity contribution is 0.653. The lowest BCUT2D eigenvalue weighted by atomic mass is 10.1. The van der Waals surface area contributed by atoms with E-state index in [0.717, 1.165) is 38.8 Å². The first-order chi connectivity index (χ1) is 14.7. The number of hydrogen-bond donors (Lipinski definition) is 0. The van der Waals surface area contributed by atoms with Gasteiger partial charge < -0.3 is 4.42 Å². The van der Waals surface area contributed by atoms with Crippen LogP contribution in [0.25, 0.3) is 54.0 Å². The predicted molar refractivity (Wildman–Crippen MR) is 125 cm³/mol. The molecule has 6 rings (SSSR count). The van der Waals surface area contributed by atoms with Crippen molar-refractivity contribution in [3.8, 4) is 21.7 Å². The molecule has 0 N–H and O–H groups in total. The van der Waals surface area contributed by atoms with Gasteiger partial charge in [0.05, 0.1) is 15.9 Å². The number of thiophene rings is 1. The zero-order chi connectivity index (χ0) is 20.2. The van der Waals surface area contributed by atoms with Crippen LogP contribution in [0, 0.1) is 13.8 Å². The number of hydrogen-bond acceptors (Lipinski definition) is 4. The highest BCUT2D eigenvalue weighted by Gasteiger charge is 2.15. The van der Waals surface area contributed by atoms with Crippen molar-refractivity contribution in [2.45, 2.75) is 13.8 Å². The van der Waals surface area contributed by atoms with E-state index < -0.39 is 0 Å². The molecule has 0 fully saturated rings. The molecule has 0 saturated heterocycles. The summed E-state index contributed by atoms with van der Waals surface area (Å²) in [5.74, 6) is 0. The third kappa shape index (κ3) is 2.72. The van der Waals surface area contributed by atoms with E-state index in [1.807, 2.05) is 13.0 Å². The average molecular weight is 407 g/mol. The zero-order valence-corrected chi connectivity index (χ0v) is 17.5. The summed E-state index contributed by atoms with van der Waals surface area (Å²) in [6.07, 6.45) is 0. The number of para-hydroxylation sites is 1. The molecule has 2 aromatic carbocycles. The van der Waals surface area contributed by atoms with Crippen LogP contribution in [0.2, 0.25) is 0 Å². The van der Waals surface area contributed by atoms with Gasteiger partial charge in [0.2, 0.25) is 5.71 Å². The number of benzene rings is 2. The fourth-order valence-corrected chi connectivity index (χ4v) is 4.91. The smallest absolute Gasteiger partial charge is 0.227 e. The van der Waals surface area contributed by atoms with Gasteiger partial charge in [0.15, 0.2) is 0 Å². The molecular formula is C26H18N2OS. The second-order valence-electron chi connectivity index (χ2n) is 7.65. The van der Waals surface area contributed by atoms with E-state index in [1.54, 1.807) is 11.3 Å². The van der Waals surface area contributed by atoms with Crippen molar-refractivity contribution < 1.29 is 4.42 Å². The third-order valence-corrected chi connectivity index (χ3v) is 6.63. The molecule has 0 aliphatic rings. The molecule has 0 aliphatic heterocycles. The molecule has 0 amide bonds. The Hall–Kier alpha value is -3.50. The quantitative estimate of drug-likeness (QED) is 0.298. The molecule has 3 nitrogen and oxygen atoms in total. The topological polar surface area (TPSA) is 38.9 Å². The normalized spacial score (nSPS) is 11.7. The van der Waals surface area contributed by atoms with E-state index in [9.17, 15) is 0 Å². The Balaban J connectivity index is 1.51. The van der Waals surface area contributed by atoms with Crippen LogP contribution in [0.3, 0.4) is 0 Å². The van der Waals surface area contributed by atoms with Crippen LogP contribution < -0.4 is 0 Å². The van der Waals surface area contributed by atoms with Crippen LogP contribution >= 0.6 is 11.3 Å². The fourth-order valence-electron chi connectivity index (χ4n) is 3.91. The van der Waals surface area contributed by atoms with Crippen molar-refractivity contribution in [2.75, 3.05) is 0 Å². The van der Waals surface area contributed by atoms with Crippen LogP contribution in [0.4, 0.5) is 0 Å². The molecular weight excluding hydrogens is 388 g/mol. The van der Waals surface area contributed by atoms with Crippen molar-refractivity contribution >= 4 is 43.6 Å². The fraction of sp³-hybridized carbons (Fsp3) is 0.0769. The van der Waals surface area contributed by atoms with Gasteiger partial charge in [0.1, 0.15) is 5.58 Å². The summed E-state index contributed by atoms with van der Waals surface area (Å²) in [5, 5.41) is 2.11. The van der Waals surface area contributed by atoms with E-state index in [4.69, 9.17) is 9.40 Å². The molecule has 0 bridgehead atoms. The monoisotopic (exact) mass is 406 g/mol.